The fraction of sp³-hybridized carbons (Fsp3) is 0.162. The average molecular weight is 1050 g/mol. The molecular weight excluding hydrogens is 992 g/mol. The molecule has 0 fully saturated rings. The van der Waals surface area contributed by atoms with Crippen molar-refractivity contribution in [1.82, 2.24) is 0 Å². The van der Waals surface area contributed by atoms with Crippen molar-refractivity contribution in [2.45, 2.75) is 77.6 Å². The van der Waals surface area contributed by atoms with Crippen LogP contribution in [0.5, 0.6) is 0 Å². The molecule has 1 aliphatic carbocycles. The zero-order chi connectivity index (χ0) is 54.0. The van der Waals surface area contributed by atoms with E-state index in [9.17, 15) is 0 Å². The highest BCUT2D eigenvalue weighted by Crippen LogP contribution is 2.56. The van der Waals surface area contributed by atoms with Crippen molar-refractivity contribution in [3.05, 3.63) is 223 Å². The molecule has 3 aromatic heterocycles. The number of thiophene rings is 1. The molecule has 0 unspecified atom stereocenters. The maximum absolute atomic E-state index is 7.66. The van der Waals surface area contributed by atoms with Crippen molar-refractivity contribution in [1.29, 1.82) is 0 Å². The predicted octanol–water partition coefficient (Wildman–Crippen LogP) is 20.1. The lowest BCUT2D eigenvalue weighted by atomic mass is 9.45. The predicted molar refractivity (Wildman–Crippen MR) is 340 cm³/mol. The zero-order valence-electron chi connectivity index (χ0n) is 46.2. The van der Waals surface area contributed by atoms with Gasteiger partial charge in [0.25, 0.3) is 0 Å². The molecule has 4 nitrogen and oxygen atoms in total. The minimum absolute atomic E-state index is 0.0652. The summed E-state index contributed by atoms with van der Waals surface area (Å²) in [7, 11) is 0. The van der Waals surface area contributed by atoms with Crippen molar-refractivity contribution in [2.24, 2.45) is 0 Å². The normalized spacial score (nSPS) is 15.2. The number of rotatable bonds is 5. The summed E-state index contributed by atoms with van der Waals surface area (Å²) >= 11 is 1.93. The van der Waals surface area contributed by atoms with Gasteiger partial charge in [0, 0.05) is 70.1 Å². The Balaban J connectivity index is 1.07. The van der Waals surface area contributed by atoms with Crippen molar-refractivity contribution in [2.75, 3.05) is 9.71 Å². The van der Waals surface area contributed by atoms with Gasteiger partial charge in [-0.1, -0.05) is 182 Å². The van der Waals surface area contributed by atoms with Crippen LogP contribution in [0.3, 0.4) is 0 Å². The van der Waals surface area contributed by atoms with Crippen LogP contribution in [0.15, 0.2) is 215 Å². The molecule has 80 heavy (non-hydrogen) atoms. The van der Waals surface area contributed by atoms with Crippen LogP contribution in [0.1, 0.15) is 78.0 Å². The van der Waals surface area contributed by atoms with Crippen molar-refractivity contribution < 1.29 is 8.83 Å². The lowest BCUT2D eigenvalue weighted by molar-refractivity contribution is 0.332. The highest BCUT2D eigenvalue weighted by Gasteiger charge is 2.50. The molecule has 0 saturated heterocycles. The van der Waals surface area contributed by atoms with Gasteiger partial charge in [-0.3, -0.25) is 0 Å². The third kappa shape index (κ3) is 7.00. The van der Waals surface area contributed by atoms with Crippen LogP contribution >= 0.6 is 11.3 Å². The van der Waals surface area contributed by atoms with Gasteiger partial charge < -0.3 is 18.5 Å². The number of hydrogen-bond acceptors (Lipinski definition) is 5. The van der Waals surface area contributed by atoms with Gasteiger partial charge in [-0.05, 0) is 152 Å². The third-order valence-electron chi connectivity index (χ3n) is 18.3. The molecule has 6 heteroatoms. The SMILES string of the molecule is CC(C)(C)c1ccc(N2c3cc4c(oc5ccccc54)c4c3B(c3oc5ccc(-c6ccccc6)cc5c32)N(c2ccc(-c3ccccc3)cc2)c2cc3sc5cc6c(cc5c3cc2-4)C(C)(C)CCC6(C)C)c(-c2ccccc2)c1. The minimum Gasteiger partial charge on any atom is -0.466 e. The standard InChI is InChI=1S/C74H59BN2O2S/c1-72(2,3)49-30-33-60(52(38-49)47-23-15-10-16-24-47)76-62-41-55-51-25-17-18-26-63(51)78-70(55)67-56-39-53-54-40-58-59(74(6,7)36-35-73(58,4)5)42-65(54)80-66(53)43-61(56)77(50-31-27-46(28-32-50)44-19-11-8-12-20-44)75(68(62)67)71-69(76)57-37-48(29-34-64(57)79-71)45-21-13-9-14-22-45/h8-34,37-43H,35-36H2,1-7H3. The summed E-state index contributed by atoms with van der Waals surface area (Å²) in [6.45, 7) is 16.3. The van der Waals surface area contributed by atoms with E-state index in [1.165, 1.54) is 54.4 Å². The largest absolute Gasteiger partial charge is 0.466 e. The Morgan fingerprint density at radius 2 is 1.06 bits per heavy atom. The molecule has 5 heterocycles. The molecule has 16 rings (SSSR count). The molecule has 3 aliphatic rings. The second-order valence-electron chi connectivity index (χ2n) is 25.0. The van der Waals surface area contributed by atoms with E-state index < -0.39 is 6.85 Å². The average Bonchev–Trinajstić information content (AvgIpc) is 4.15. The number of para-hydroxylation sites is 1. The maximum atomic E-state index is 7.66. The Hall–Kier alpha value is -8.58. The number of furan rings is 2. The van der Waals surface area contributed by atoms with Gasteiger partial charge in [0.05, 0.1) is 11.4 Å². The minimum atomic E-state index is -0.402. The summed E-state index contributed by atoms with van der Waals surface area (Å²) in [5.41, 5.74) is 23.6. The quantitative estimate of drug-likeness (QED) is 0.161. The van der Waals surface area contributed by atoms with Crippen LogP contribution in [-0.2, 0) is 16.2 Å². The van der Waals surface area contributed by atoms with Crippen molar-refractivity contribution >= 4 is 111 Å². The molecule has 13 aromatic rings. The van der Waals surface area contributed by atoms with Crippen LogP contribution < -0.4 is 20.8 Å². The number of benzene rings is 10. The van der Waals surface area contributed by atoms with Gasteiger partial charge in [-0.2, -0.15) is 0 Å². The fourth-order valence-corrected chi connectivity index (χ4v) is 15.0. The topological polar surface area (TPSA) is 32.8 Å². The molecule has 0 N–H and O–H groups in total. The first-order chi connectivity index (χ1) is 38.8. The molecule has 0 atom stereocenters. The van der Waals surface area contributed by atoms with Gasteiger partial charge >= 0.3 is 6.85 Å². The van der Waals surface area contributed by atoms with E-state index in [4.69, 9.17) is 8.83 Å². The first-order valence-electron chi connectivity index (χ1n) is 28.4. The van der Waals surface area contributed by atoms with E-state index in [2.05, 4.69) is 264 Å². The summed E-state index contributed by atoms with van der Waals surface area (Å²) in [5.74, 6) is 0. The highest BCUT2D eigenvalue weighted by molar-refractivity contribution is 7.26. The van der Waals surface area contributed by atoms with Crippen LogP contribution in [0.2, 0.25) is 0 Å². The van der Waals surface area contributed by atoms with Gasteiger partial charge in [0.15, 0.2) is 0 Å². The molecule has 0 bridgehead atoms. The van der Waals surface area contributed by atoms with Crippen molar-refractivity contribution in [3.8, 4) is 44.5 Å². The van der Waals surface area contributed by atoms with Gasteiger partial charge in [-0.25, -0.2) is 0 Å². The van der Waals surface area contributed by atoms with Crippen LogP contribution in [0.25, 0.3) is 97.6 Å². The first kappa shape index (κ1) is 47.4. The highest BCUT2D eigenvalue weighted by atomic mass is 32.1. The monoisotopic (exact) mass is 1050 g/mol. The van der Waals surface area contributed by atoms with Crippen LogP contribution in [0, 0.1) is 0 Å². The Labute approximate surface area is 471 Å². The third-order valence-corrected chi connectivity index (χ3v) is 19.4. The Kier molecular flexibility index (Phi) is 10.1. The lowest BCUT2D eigenvalue weighted by Gasteiger charge is -2.44. The van der Waals surface area contributed by atoms with Crippen LogP contribution in [0.4, 0.5) is 28.4 Å². The van der Waals surface area contributed by atoms with Crippen LogP contribution in [-0.4, -0.2) is 6.85 Å². The molecule has 0 spiro atoms. The smallest absolute Gasteiger partial charge is 0.376 e. The second-order valence-corrected chi connectivity index (χ2v) is 26.1. The van der Waals surface area contributed by atoms with E-state index in [0.29, 0.717) is 0 Å². The molecule has 0 saturated carbocycles. The fourth-order valence-electron chi connectivity index (χ4n) is 13.9. The summed E-state index contributed by atoms with van der Waals surface area (Å²) in [6.07, 6.45) is 2.33. The lowest BCUT2D eigenvalue weighted by Crippen LogP contribution is -2.61. The van der Waals surface area contributed by atoms with Gasteiger partial charge in [0.1, 0.15) is 22.4 Å². The Bertz CT molecular complexity index is 4690. The number of nitrogens with zero attached hydrogens (tertiary/aromatic N) is 2. The van der Waals surface area contributed by atoms with Crippen molar-refractivity contribution in [3.63, 3.8) is 0 Å². The molecule has 0 radical (unpaired) electrons. The van der Waals surface area contributed by atoms with Gasteiger partial charge in [0.2, 0.25) is 0 Å². The maximum Gasteiger partial charge on any atom is 0.376 e. The zero-order valence-corrected chi connectivity index (χ0v) is 47.1. The number of anilines is 5. The van der Waals surface area contributed by atoms with E-state index in [1.54, 1.807) is 0 Å². The summed E-state index contributed by atoms with van der Waals surface area (Å²) in [5, 5.41) is 5.85. The summed E-state index contributed by atoms with van der Waals surface area (Å²) in [4.78, 5) is 5.17. The summed E-state index contributed by atoms with van der Waals surface area (Å²) in [6, 6.07) is 76.8. The molecular formula is C74H59BN2O2S. The molecule has 10 aromatic carbocycles. The summed E-state index contributed by atoms with van der Waals surface area (Å²) < 4.78 is 17.6. The Morgan fingerprint density at radius 3 is 1.77 bits per heavy atom. The van der Waals surface area contributed by atoms with E-state index in [1.807, 2.05) is 11.3 Å². The van der Waals surface area contributed by atoms with E-state index >= 15 is 0 Å². The second kappa shape index (κ2) is 17.0. The first-order valence-corrected chi connectivity index (χ1v) is 29.2. The number of fused-ring (bicyclic) bond motifs is 14. The molecule has 386 valence electrons. The number of hydrogen-bond donors (Lipinski definition) is 0. The van der Waals surface area contributed by atoms with E-state index in [0.717, 1.165) is 112 Å². The van der Waals surface area contributed by atoms with E-state index in [-0.39, 0.29) is 16.2 Å². The Morgan fingerprint density at radius 1 is 0.463 bits per heavy atom. The van der Waals surface area contributed by atoms with Gasteiger partial charge in [-0.15, -0.1) is 11.3 Å². The molecule has 0 amide bonds. The molecule has 2 aliphatic heterocycles.